The molecule has 0 saturated carbocycles. The van der Waals surface area contributed by atoms with Crippen LogP contribution in [-0.2, 0) is 16.0 Å². The molecule has 0 spiro atoms. The summed E-state index contributed by atoms with van der Waals surface area (Å²) in [6, 6.07) is 14.9. The van der Waals surface area contributed by atoms with Crippen molar-refractivity contribution in [1.29, 1.82) is 0 Å². The van der Waals surface area contributed by atoms with E-state index in [1.807, 2.05) is 36.4 Å². The van der Waals surface area contributed by atoms with E-state index in [0.717, 1.165) is 16.9 Å². The molecule has 0 bridgehead atoms. The van der Waals surface area contributed by atoms with E-state index in [0.29, 0.717) is 50.3 Å². The van der Waals surface area contributed by atoms with Gasteiger partial charge in [0.15, 0.2) is 0 Å². The molecule has 33 heavy (non-hydrogen) atoms. The highest BCUT2D eigenvalue weighted by atomic mass is 16.6. The number of piperazine rings is 1. The van der Waals surface area contributed by atoms with E-state index >= 15 is 0 Å². The number of hydrogen-bond donors (Lipinski definition) is 1. The summed E-state index contributed by atoms with van der Waals surface area (Å²) in [6.07, 6.45) is -0.293. The monoisotopic (exact) mass is 451 g/mol. The van der Waals surface area contributed by atoms with Crippen LogP contribution in [0.15, 0.2) is 48.5 Å². The Morgan fingerprint density at radius 2 is 1.64 bits per heavy atom. The molecule has 1 aliphatic rings. The summed E-state index contributed by atoms with van der Waals surface area (Å²) in [5, 5.41) is 10.8. The molecule has 8 heteroatoms. The lowest BCUT2D eigenvalue weighted by atomic mass is 10.1. The quantitative estimate of drug-likeness (QED) is 0.574. The van der Waals surface area contributed by atoms with E-state index in [9.17, 15) is 14.7 Å². The van der Waals surface area contributed by atoms with Gasteiger partial charge in [0.2, 0.25) is 0 Å². The Morgan fingerprint density at radius 1 is 0.939 bits per heavy atom. The molecule has 174 valence electrons. The zero-order valence-electron chi connectivity index (χ0n) is 19.0. The molecule has 0 unspecified atom stereocenters. The van der Waals surface area contributed by atoms with Gasteiger partial charge in [0.25, 0.3) is 0 Å². The van der Waals surface area contributed by atoms with Crippen molar-refractivity contribution in [1.82, 2.24) is 14.4 Å². The summed E-state index contributed by atoms with van der Waals surface area (Å²) in [5.74, 6) is -0.323. The van der Waals surface area contributed by atoms with Gasteiger partial charge in [-0.1, -0.05) is 18.2 Å². The highest BCUT2D eigenvalue weighted by Crippen LogP contribution is 2.33. The predicted molar refractivity (Wildman–Crippen MR) is 125 cm³/mol. The largest absolute Gasteiger partial charge is 0.508 e. The summed E-state index contributed by atoms with van der Waals surface area (Å²) in [5.41, 5.74) is 3.00. The van der Waals surface area contributed by atoms with Crippen molar-refractivity contribution in [3.8, 4) is 11.4 Å². The van der Waals surface area contributed by atoms with E-state index in [2.05, 4.69) is 9.47 Å². The van der Waals surface area contributed by atoms with Gasteiger partial charge in [0, 0.05) is 43.8 Å². The molecule has 1 fully saturated rings. The van der Waals surface area contributed by atoms with Gasteiger partial charge < -0.3 is 24.0 Å². The number of phenols is 1. The number of nitrogens with zero attached hydrogens (tertiary/aromatic N) is 3. The number of esters is 1. The molecular formula is C25H29N3O5. The van der Waals surface area contributed by atoms with Crippen LogP contribution in [0.3, 0.4) is 0 Å². The van der Waals surface area contributed by atoms with Crippen molar-refractivity contribution in [2.75, 3.05) is 39.4 Å². The second-order valence-electron chi connectivity index (χ2n) is 7.88. The van der Waals surface area contributed by atoms with E-state index < -0.39 is 5.97 Å². The number of ether oxygens (including phenoxy) is 2. The Bertz CT molecular complexity index is 1130. The number of phenolic OH excluding ortho intramolecular Hbond substituents is 1. The van der Waals surface area contributed by atoms with Gasteiger partial charge in [-0.05, 0) is 44.2 Å². The molecule has 4 rings (SSSR count). The van der Waals surface area contributed by atoms with Gasteiger partial charge in [0.05, 0.1) is 30.0 Å². The lowest BCUT2D eigenvalue weighted by Crippen LogP contribution is -2.48. The van der Waals surface area contributed by atoms with Crippen molar-refractivity contribution in [2.45, 2.75) is 20.4 Å². The molecule has 0 atom stereocenters. The second-order valence-corrected chi connectivity index (χ2v) is 7.88. The minimum atomic E-state index is -0.414. The first-order valence-corrected chi connectivity index (χ1v) is 11.3. The Labute approximate surface area is 192 Å². The minimum Gasteiger partial charge on any atom is -0.508 e. The Kier molecular flexibility index (Phi) is 6.84. The van der Waals surface area contributed by atoms with E-state index in [1.54, 1.807) is 30.9 Å². The van der Waals surface area contributed by atoms with Gasteiger partial charge in [-0.3, -0.25) is 4.90 Å². The predicted octanol–water partition coefficient (Wildman–Crippen LogP) is 3.79. The standard InChI is InChI=1S/C25H29N3O5/c1-3-32-24(30)23-20-16-19(29)10-11-21(20)28(18-8-6-5-7-9-18)22(23)17-26-12-14-27(15-13-26)25(31)33-4-2/h5-11,16,29H,3-4,12-15,17H2,1-2H3. The van der Waals surface area contributed by atoms with Crippen LogP contribution in [0.2, 0.25) is 0 Å². The first-order valence-electron chi connectivity index (χ1n) is 11.3. The summed E-state index contributed by atoms with van der Waals surface area (Å²) >= 11 is 0. The number of amides is 1. The molecule has 1 saturated heterocycles. The van der Waals surface area contributed by atoms with E-state index in [1.165, 1.54) is 0 Å². The highest BCUT2D eigenvalue weighted by Gasteiger charge is 2.28. The van der Waals surface area contributed by atoms with Crippen LogP contribution >= 0.6 is 0 Å². The molecule has 1 N–H and O–H groups in total. The molecule has 2 aromatic carbocycles. The normalized spacial score (nSPS) is 14.4. The van der Waals surface area contributed by atoms with Crippen LogP contribution < -0.4 is 0 Å². The number of para-hydroxylation sites is 1. The zero-order chi connectivity index (χ0) is 23.4. The number of benzene rings is 2. The SMILES string of the molecule is CCOC(=O)c1c(CN2CCN(C(=O)OCC)CC2)n(-c2ccccc2)c2ccc(O)cc12. The van der Waals surface area contributed by atoms with Crippen LogP contribution in [0, 0.1) is 0 Å². The van der Waals surface area contributed by atoms with Crippen molar-refractivity contribution in [3.05, 3.63) is 59.8 Å². The molecule has 1 amide bonds. The lowest BCUT2D eigenvalue weighted by molar-refractivity contribution is 0.0524. The maximum absolute atomic E-state index is 13.1. The molecule has 1 aromatic heterocycles. The van der Waals surface area contributed by atoms with Gasteiger partial charge in [-0.2, -0.15) is 0 Å². The summed E-state index contributed by atoms with van der Waals surface area (Å²) in [7, 11) is 0. The fraction of sp³-hybridized carbons (Fsp3) is 0.360. The van der Waals surface area contributed by atoms with Gasteiger partial charge in [-0.15, -0.1) is 0 Å². The third-order valence-electron chi connectivity index (χ3n) is 5.81. The van der Waals surface area contributed by atoms with Gasteiger partial charge >= 0.3 is 12.1 Å². The number of carbonyl (C=O) groups excluding carboxylic acids is 2. The highest BCUT2D eigenvalue weighted by molar-refractivity contribution is 6.07. The molecular weight excluding hydrogens is 422 g/mol. The maximum Gasteiger partial charge on any atom is 0.409 e. The third kappa shape index (κ3) is 4.66. The van der Waals surface area contributed by atoms with Gasteiger partial charge in [0.1, 0.15) is 5.75 Å². The smallest absolute Gasteiger partial charge is 0.409 e. The average Bonchev–Trinajstić information content (AvgIpc) is 3.13. The maximum atomic E-state index is 13.1. The fourth-order valence-electron chi connectivity index (χ4n) is 4.30. The van der Waals surface area contributed by atoms with E-state index in [4.69, 9.17) is 9.47 Å². The second kappa shape index (κ2) is 9.95. The molecule has 1 aliphatic heterocycles. The van der Waals surface area contributed by atoms with Crippen LogP contribution in [0.1, 0.15) is 29.9 Å². The number of aromatic hydroxyl groups is 1. The zero-order valence-corrected chi connectivity index (χ0v) is 19.0. The Balaban J connectivity index is 1.75. The van der Waals surface area contributed by atoms with Crippen LogP contribution in [0.4, 0.5) is 4.79 Å². The molecule has 8 nitrogen and oxygen atoms in total. The molecule has 2 heterocycles. The van der Waals surface area contributed by atoms with E-state index in [-0.39, 0.29) is 18.4 Å². The van der Waals surface area contributed by atoms with Crippen molar-refractivity contribution in [3.63, 3.8) is 0 Å². The first-order chi connectivity index (χ1) is 16.0. The minimum absolute atomic E-state index is 0.0906. The number of hydrogen-bond acceptors (Lipinski definition) is 6. The topological polar surface area (TPSA) is 84.2 Å². The Hall–Kier alpha value is -3.52. The number of aromatic nitrogens is 1. The van der Waals surface area contributed by atoms with Crippen LogP contribution in [0.25, 0.3) is 16.6 Å². The molecule has 0 aliphatic carbocycles. The van der Waals surface area contributed by atoms with Gasteiger partial charge in [-0.25, -0.2) is 9.59 Å². The lowest BCUT2D eigenvalue weighted by Gasteiger charge is -2.34. The molecule has 0 radical (unpaired) electrons. The molecule has 3 aromatic rings. The fourth-order valence-corrected chi connectivity index (χ4v) is 4.30. The summed E-state index contributed by atoms with van der Waals surface area (Å²) < 4.78 is 12.6. The Morgan fingerprint density at radius 3 is 2.30 bits per heavy atom. The van der Waals surface area contributed by atoms with Crippen molar-refractivity contribution < 1.29 is 24.2 Å². The summed E-state index contributed by atoms with van der Waals surface area (Å²) in [6.45, 7) is 7.10. The first kappa shape index (κ1) is 22.7. The average molecular weight is 452 g/mol. The number of fused-ring (bicyclic) bond motifs is 1. The summed E-state index contributed by atoms with van der Waals surface area (Å²) in [4.78, 5) is 29.1. The number of rotatable bonds is 6. The van der Waals surface area contributed by atoms with Crippen molar-refractivity contribution in [2.24, 2.45) is 0 Å². The number of carbonyl (C=O) groups is 2. The van der Waals surface area contributed by atoms with Crippen molar-refractivity contribution >= 4 is 23.0 Å². The van der Waals surface area contributed by atoms with Crippen LogP contribution in [0.5, 0.6) is 5.75 Å². The third-order valence-corrected chi connectivity index (χ3v) is 5.81. The van der Waals surface area contributed by atoms with Crippen LogP contribution in [-0.4, -0.2) is 70.9 Å².